The molecule has 1 aromatic rings. The highest BCUT2D eigenvalue weighted by Gasteiger charge is 2.32. The van der Waals surface area contributed by atoms with Crippen molar-refractivity contribution in [3.63, 3.8) is 0 Å². The van der Waals surface area contributed by atoms with Crippen molar-refractivity contribution in [3.8, 4) is 5.75 Å². The molecular formula is C19H25ClN2O4. The van der Waals surface area contributed by atoms with E-state index in [1.165, 1.54) is 0 Å². The number of piperazine rings is 1. The van der Waals surface area contributed by atoms with Crippen LogP contribution in [0.4, 0.5) is 4.79 Å². The van der Waals surface area contributed by atoms with E-state index < -0.39 is 0 Å². The van der Waals surface area contributed by atoms with Gasteiger partial charge in [0.05, 0.1) is 12.5 Å². The maximum atomic E-state index is 12.8. The second-order valence-electron chi connectivity index (χ2n) is 7.25. The summed E-state index contributed by atoms with van der Waals surface area (Å²) in [5.74, 6) is 0.979. The van der Waals surface area contributed by atoms with E-state index >= 15 is 0 Å². The third-order valence-electron chi connectivity index (χ3n) is 4.67. The molecule has 3 rings (SSSR count). The predicted octanol–water partition coefficient (Wildman–Crippen LogP) is 2.83. The molecule has 2 amide bonds. The van der Waals surface area contributed by atoms with Gasteiger partial charge in [-0.1, -0.05) is 25.4 Å². The van der Waals surface area contributed by atoms with Gasteiger partial charge < -0.3 is 19.3 Å². The highest BCUT2D eigenvalue weighted by atomic mass is 35.5. The highest BCUT2D eigenvalue weighted by Crippen LogP contribution is 2.30. The van der Waals surface area contributed by atoms with Crippen molar-refractivity contribution in [1.29, 1.82) is 0 Å². The van der Waals surface area contributed by atoms with Gasteiger partial charge in [0.2, 0.25) is 5.91 Å². The van der Waals surface area contributed by atoms with E-state index in [4.69, 9.17) is 21.1 Å². The van der Waals surface area contributed by atoms with Gasteiger partial charge in [0.25, 0.3) is 0 Å². The minimum Gasteiger partial charge on any atom is -0.492 e. The van der Waals surface area contributed by atoms with Gasteiger partial charge >= 0.3 is 6.09 Å². The Morgan fingerprint density at radius 3 is 2.62 bits per heavy atom. The quantitative estimate of drug-likeness (QED) is 0.809. The van der Waals surface area contributed by atoms with Gasteiger partial charge in [-0.3, -0.25) is 4.79 Å². The third kappa shape index (κ3) is 4.41. The molecule has 0 bridgehead atoms. The molecule has 0 N–H and O–H groups in total. The fourth-order valence-electron chi connectivity index (χ4n) is 3.22. The van der Waals surface area contributed by atoms with Crippen molar-refractivity contribution in [3.05, 3.63) is 28.8 Å². The lowest BCUT2D eigenvalue weighted by molar-refractivity contribution is -0.138. The number of halogens is 1. The van der Waals surface area contributed by atoms with E-state index in [2.05, 4.69) is 0 Å². The second kappa shape index (κ2) is 8.16. The predicted molar refractivity (Wildman–Crippen MR) is 98.5 cm³/mol. The summed E-state index contributed by atoms with van der Waals surface area (Å²) in [5, 5.41) is 0.647. The SMILES string of the molecule is CC(C)COC(=O)N1CCN(C(=O)C2COc3ccc(Cl)cc3C2)CC1. The molecule has 26 heavy (non-hydrogen) atoms. The summed E-state index contributed by atoms with van der Waals surface area (Å²) < 4.78 is 11.0. The molecule has 0 aromatic heterocycles. The standard InChI is InChI=1S/C19H25ClN2O4/c1-13(2)11-26-19(24)22-7-5-21(6-8-22)18(23)15-9-14-10-16(20)3-4-17(14)25-12-15/h3-4,10,13,15H,5-9,11-12H2,1-2H3. The summed E-state index contributed by atoms with van der Waals surface area (Å²) in [4.78, 5) is 28.3. The number of benzene rings is 1. The van der Waals surface area contributed by atoms with Crippen LogP contribution in [0.1, 0.15) is 19.4 Å². The monoisotopic (exact) mass is 380 g/mol. The number of carbonyl (C=O) groups is 2. The third-order valence-corrected chi connectivity index (χ3v) is 4.90. The molecule has 0 saturated carbocycles. The Hall–Kier alpha value is -1.95. The van der Waals surface area contributed by atoms with E-state index in [0.29, 0.717) is 56.8 Å². The molecule has 0 radical (unpaired) electrons. The van der Waals surface area contributed by atoms with Crippen LogP contribution >= 0.6 is 11.6 Å². The van der Waals surface area contributed by atoms with E-state index in [1.54, 1.807) is 11.0 Å². The Balaban J connectivity index is 1.52. The molecule has 1 aromatic carbocycles. The number of hydrogen-bond donors (Lipinski definition) is 0. The molecular weight excluding hydrogens is 356 g/mol. The van der Waals surface area contributed by atoms with Crippen LogP contribution < -0.4 is 4.74 Å². The molecule has 1 saturated heterocycles. The molecule has 0 aliphatic carbocycles. The van der Waals surface area contributed by atoms with Crippen molar-refractivity contribution in [2.45, 2.75) is 20.3 Å². The van der Waals surface area contributed by atoms with Crippen LogP contribution in [0.25, 0.3) is 0 Å². The van der Waals surface area contributed by atoms with Crippen LogP contribution in [0.5, 0.6) is 5.75 Å². The number of rotatable bonds is 3. The van der Waals surface area contributed by atoms with Crippen molar-refractivity contribution in [2.24, 2.45) is 11.8 Å². The molecule has 0 spiro atoms. The summed E-state index contributed by atoms with van der Waals surface area (Å²) >= 11 is 6.04. The lowest BCUT2D eigenvalue weighted by Crippen LogP contribution is -2.53. The molecule has 7 heteroatoms. The number of carbonyl (C=O) groups excluding carboxylic acids is 2. The summed E-state index contributed by atoms with van der Waals surface area (Å²) in [6.45, 7) is 6.84. The van der Waals surface area contributed by atoms with Gasteiger partial charge in [0.1, 0.15) is 12.4 Å². The fraction of sp³-hybridized carbons (Fsp3) is 0.579. The first kappa shape index (κ1) is 18.8. The minimum absolute atomic E-state index is 0.0748. The highest BCUT2D eigenvalue weighted by molar-refractivity contribution is 6.30. The van der Waals surface area contributed by atoms with Crippen LogP contribution in [-0.2, 0) is 16.0 Å². The topological polar surface area (TPSA) is 59.1 Å². The maximum Gasteiger partial charge on any atom is 0.409 e. The smallest absolute Gasteiger partial charge is 0.409 e. The Labute approximate surface area is 159 Å². The van der Waals surface area contributed by atoms with E-state index in [-0.39, 0.29) is 17.9 Å². The molecule has 2 aliphatic rings. The zero-order chi connectivity index (χ0) is 18.7. The van der Waals surface area contributed by atoms with Crippen LogP contribution in [0, 0.1) is 11.8 Å². The second-order valence-corrected chi connectivity index (χ2v) is 7.68. The van der Waals surface area contributed by atoms with Crippen molar-refractivity contribution in [1.82, 2.24) is 9.80 Å². The Bertz CT molecular complexity index is 672. The lowest BCUT2D eigenvalue weighted by atomic mass is 9.95. The summed E-state index contributed by atoms with van der Waals surface area (Å²) in [5.41, 5.74) is 0.970. The number of fused-ring (bicyclic) bond motifs is 1. The van der Waals surface area contributed by atoms with Crippen LogP contribution in [0.3, 0.4) is 0 Å². The molecule has 2 heterocycles. The summed E-state index contributed by atoms with van der Waals surface area (Å²) in [6, 6.07) is 5.50. The average Bonchev–Trinajstić information content (AvgIpc) is 2.65. The molecule has 1 atom stereocenters. The van der Waals surface area contributed by atoms with Crippen molar-refractivity contribution < 1.29 is 19.1 Å². The number of amides is 2. The van der Waals surface area contributed by atoms with Crippen molar-refractivity contribution >= 4 is 23.6 Å². The van der Waals surface area contributed by atoms with Crippen molar-refractivity contribution in [2.75, 3.05) is 39.4 Å². The summed E-state index contributed by atoms with van der Waals surface area (Å²) in [6.07, 6.45) is 0.334. The molecule has 1 unspecified atom stereocenters. The van der Waals surface area contributed by atoms with Gasteiger partial charge in [-0.2, -0.15) is 0 Å². The minimum atomic E-state index is -0.296. The zero-order valence-corrected chi connectivity index (χ0v) is 16.0. The van der Waals surface area contributed by atoms with Crippen LogP contribution in [-0.4, -0.2) is 61.2 Å². The Kier molecular flexibility index (Phi) is 5.91. The maximum absolute atomic E-state index is 12.8. The molecule has 1 fully saturated rings. The van der Waals surface area contributed by atoms with E-state index in [1.807, 2.05) is 30.9 Å². The van der Waals surface area contributed by atoms with Gasteiger partial charge in [0.15, 0.2) is 0 Å². The Morgan fingerprint density at radius 2 is 1.92 bits per heavy atom. The fourth-order valence-corrected chi connectivity index (χ4v) is 3.41. The van der Waals surface area contributed by atoms with E-state index in [9.17, 15) is 9.59 Å². The van der Waals surface area contributed by atoms with Gasteiger partial charge in [-0.05, 0) is 36.1 Å². The lowest BCUT2D eigenvalue weighted by Gasteiger charge is -2.36. The van der Waals surface area contributed by atoms with Crippen LogP contribution in [0.2, 0.25) is 5.02 Å². The first-order valence-electron chi connectivity index (χ1n) is 9.05. The van der Waals surface area contributed by atoms with Gasteiger partial charge in [-0.15, -0.1) is 0 Å². The number of ether oxygens (including phenoxy) is 2. The number of hydrogen-bond acceptors (Lipinski definition) is 4. The van der Waals surface area contributed by atoms with Gasteiger partial charge in [-0.25, -0.2) is 4.79 Å². The molecule has 6 nitrogen and oxygen atoms in total. The first-order chi connectivity index (χ1) is 12.4. The first-order valence-corrected chi connectivity index (χ1v) is 9.43. The van der Waals surface area contributed by atoms with E-state index in [0.717, 1.165) is 11.3 Å². The Morgan fingerprint density at radius 1 is 1.23 bits per heavy atom. The zero-order valence-electron chi connectivity index (χ0n) is 15.2. The van der Waals surface area contributed by atoms with Crippen LogP contribution in [0.15, 0.2) is 18.2 Å². The molecule has 142 valence electrons. The molecule has 2 aliphatic heterocycles. The largest absolute Gasteiger partial charge is 0.492 e. The number of nitrogens with zero attached hydrogens (tertiary/aromatic N) is 2. The average molecular weight is 381 g/mol. The van der Waals surface area contributed by atoms with Gasteiger partial charge in [0, 0.05) is 31.2 Å². The summed E-state index contributed by atoms with van der Waals surface area (Å²) in [7, 11) is 0. The normalized spacial score (nSPS) is 19.8.